The van der Waals surface area contributed by atoms with Gasteiger partial charge in [-0.25, -0.2) is 8.42 Å². The molecule has 0 spiro atoms. The molecule has 0 aliphatic carbocycles. The predicted octanol–water partition coefficient (Wildman–Crippen LogP) is 1.88. The average molecular weight is 438 g/mol. The van der Waals surface area contributed by atoms with Crippen LogP contribution in [0.15, 0.2) is 53.4 Å². The molecule has 0 aromatic heterocycles. The minimum atomic E-state index is -3.90. The Morgan fingerprint density at radius 1 is 1.07 bits per heavy atom. The minimum Gasteiger partial charge on any atom is -0.508 e. The first-order chi connectivity index (χ1) is 14.0. The molecule has 0 saturated carbocycles. The zero-order valence-corrected chi connectivity index (χ0v) is 17.7. The molecule has 9 nitrogen and oxygen atoms in total. The van der Waals surface area contributed by atoms with Crippen molar-refractivity contribution >= 4 is 15.7 Å². The number of nitro benzene ring substituents is 1. The summed E-state index contributed by atoms with van der Waals surface area (Å²) in [6, 6.07) is 10.3. The van der Waals surface area contributed by atoms with Gasteiger partial charge in [0.1, 0.15) is 5.75 Å². The van der Waals surface area contributed by atoms with Crippen molar-refractivity contribution in [3.8, 4) is 5.75 Å². The number of nitrogens with two attached hydrogens (primary N) is 1. The molecule has 0 amide bonds. The van der Waals surface area contributed by atoms with E-state index in [1.807, 2.05) is 13.8 Å². The van der Waals surface area contributed by atoms with E-state index in [9.17, 15) is 28.7 Å². The molecule has 0 radical (unpaired) electrons. The van der Waals surface area contributed by atoms with E-state index in [-0.39, 0.29) is 41.8 Å². The van der Waals surface area contributed by atoms with Gasteiger partial charge in [-0.3, -0.25) is 10.1 Å². The third-order valence-corrected chi connectivity index (χ3v) is 6.39. The van der Waals surface area contributed by atoms with Crippen molar-refractivity contribution in [1.29, 1.82) is 0 Å². The molecule has 2 aromatic carbocycles. The van der Waals surface area contributed by atoms with E-state index in [4.69, 9.17) is 5.73 Å². The van der Waals surface area contributed by atoms with Crippen molar-refractivity contribution in [2.75, 3.05) is 13.1 Å². The molecule has 0 aliphatic heterocycles. The Morgan fingerprint density at radius 3 is 2.13 bits per heavy atom. The van der Waals surface area contributed by atoms with E-state index in [0.717, 1.165) is 0 Å². The van der Waals surface area contributed by atoms with Gasteiger partial charge in [-0.15, -0.1) is 0 Å². The molecule has 0 saturated heterocycles. The van der Waals surface area contributed by atoms with Crippen LogP contribution in [0.4, 0.5) is 5.69 Å². The molecule has 30 heavy (non-hydrogen) atoms. The van der Waals surface area contributed by atoms with Gasteiger partial charge in [0.2, 0.25) is 10.0 Å². The molecule has 2 rings (SSSR count). The normalized spacial score (nSPS) is 14.1. The summed E-state index contributed by atoms with van der Waals surface area (Å²) in [5.41, 5.74) is 6.74. The summed E-state index contributed by atoms with van der Waals surface area (Å²) in [5, 5.41) is 30.7. The van der Waals surface area contributed by atoms with Crippen LogP contribution in [-0.4, -0.2) is 53.1 Å². The number of non-ortho nitro benzene ring substituents is 1. The molecule has 2 aromatic rings. The van der Waals surface area contributed by atoms with E-state index in [2.05, 4.69) is 0 Å². The highest BCUT2D eigenvalue weighted by molar-refractivity contribution is 7.89. The first kappa shape index (κ1) is 23.7. The number of rotatable bonds is 10. The third kappa shape index (κ3) is 6.23. The topological polar surface area (TPSA) is 147 Å². The van der Waals surface area contributed by atoms with Gasteiger partial charge >= 0.3 is 0 Å². The van der Waals surface area contributed by atoms with Crippen molar-refractivity contribution in [3.63, 3.8) is 0 Å². The maximum Gasteiger partial charge on any atom is 0.269 e. The fourth-order valence-corrected chi connectivity index (χ4v) is 4.57. The van der Waals surface area contributed by atoms with Gasteiger partial charge in [-0.1, -0.05) is 26.0 Å². The lowest BCUT2D eigenvalue weighted by molar-refractivity contribution is -0.384. The fraction of sp³-hybridized carbons (Fsp3) is 0.400. The molecular formula is C20H27N3O6S. The molecule has 0 heterocycles. The first-order valence-corrected chi connectivity index (χ1v) is 10.9. The molecule has 0 aliphatic rings. The highest BCUT2D eigenvalue weighted by Crippen LogP contribution is 2.21. The number of sulfonamides is 1. The van der Waals surface area contributed by atoms with Gasteiger partial charge in [-0.05, 0) is 42.2 Å². The second kappa shape index (κ2) is 9.98. The number of aromatic hydroxyl groups is 1. The first-order valence-electron chi connectivity index (χ1n) is 9.47. The molecule has 0 bridgehead atoms. The monoisotopic (exact) mass is 437 g/mol. The van der Waals surface area contributed by atoms with Crippen LogP contribution in [0.25, 0.3) is 0 Å². The second-order valence-electron chi connectivity index (χ2n) is 7.57. The Morgan fingerprint density at radius 2 is 1.63 bits per heavy atom. The standard InChI is InChI=1S/C20H27N3O6S/c1-14(2)12-22(30(28,29)18-9-7-17(24)8-10-18)13-20(25)19(21)11-15-3-5-16(6-4-15)23(26)27/h3-10,14,19-20,24-25H,11-13,21H2,1-2H3/t19-,20+/m0/s1. The van der Waals surface area contributed by atoms with E-state index in [1.165, 1.54) is 40.7 Å². The van der Waals surface area contributed by atoms with Gasteiger partial charge in [0.05, 0.1) is 15.9 Å². The summed E-state index contributed by atoms with van der Waals surface area (Å²) >= 11 is 0. The van der Waals surface area contributed by atoms with Crippen molar-refractivity contribution in [1.82, 2.24) is 4.31 Å². The number of nitrogens with zero attached hydrogens (tertiary/aromatic N) is 2. The molecule has 4 N–H and O–H groups in total. The smallest absolute Gasteiger partial charge is 0.269 e. The van der Waals surface area contributed by atoms with Gasteiger partial charge in [-0.2, -0.15) is 4.31 Å². The maximum atomic E-state index is 13.0. The van der Waals surface area contributed by atoms with Gasteiger partial charge in [0, 0.05) is 31.3 Å². The molecule has 2 atom stereocenters. The average Bonchev–Trinajstić information content (AvgIpc) is 2.67. The highest BCUT2D eigenvalue weighted by atomic mass is 32.2. The molecule has 0 unspecified atom stereocenters. The lowest BCUT2D eigenvalue weighted by Gasteiger charge is -2.28. The Bertz CT molecular complexity index is 946. The van der Waals surface area contributed by atoms with Crippen molar-refractivity contribution < 1.29 is 23.6 Å². The Balaban J connectivity index is 2.14. The number of hydrogen-bond acceptors (Lipinski definition) is 7. The number of nitro groups is 1. The fourth-order valence-electron chi connectivity index (χ4n) is 2.95. The van der Waals surface area contributed by atoms with Crippen LogP contribution in [0.2, 0.25) is 0 Å². The summed E-state index contributed by atoms with van der Waals surface area (Å²) in [5.74, 6) is -0.0375. The molecule has 10 heteroatoms. The summed E-state index contributed by atoms with van der Waals surface area (Å²) < 4.78 is 27.2. The number of phenols is 1. The van der Waals surface area contributed by atoms with Crippen molar-refractivity contribution in [2.45, 2.75) is 37.3 Å². The minimum absolute atomic E-state index is 0.00925. The molecule has 164 valence electrons. The van der Waals surface area contributed by atoms with Crippen LogP contribution in [-0.2, 0) is 16.4 Å². The SMILES string of the molecule is CC(C)CN(C[C@@H](O)[C@@H](N)Cc1ccc([N+](=O)[O-])cc1)S(=O)(=O)c1ccc(O)cc1. The van der Waals surface area contributed by atoms with E-state index in [0.29, 0.717) is 5.56 Å². The summed E-state index contributed by atoms with van der Waals surface area (Å²) in [7, 11) is -3.90. The Kier molecular flexibility index (Phi) is 7.90. The van der Waals surface area contributed by atoms with Crippen LogP contribution in [0.3, 0.4) is 0 Å². The number of phenolic OH excluding ortho intramolecular Hbond substituents is 1. The highest BCUT2D eigenvalue weighted by Gasteiger charge is 2.29. The van der Waals surface area contributed by atoms with E-state index >= 15 is 0 Å². The molecular weight excluding hydrogens is 410 g/mol. The maximum absolute atomic E-state index is 13.0. The number of aliphatic hydroxyl groups excluding tert-OH is 1. The lowest BCUT2D eigenvalue weighted by atomic mass is 10.0. The van der Waals surface area contributed by atoms with Crippen LogP contribution >= 0.6 is 0 Å². The van der Waals surface area contributed by atoms with Crippen LogP contribution in [0.1, 0.15) is 19.4 Å². The Labute approximate surface area is 176 Å². The van der Waals surface area contributed by atoms with Crippen LogP contribution in [0, 0.1) is 16.0 Å². The predicted molar refractivity (Wildman–Crippen MR) is 112 cm³/mol. The summed E-state index contributed by atoms with van der Waals surface area (Å²) in [4.78, 5) is 10.3. The van der Waals surface area contributed by atoms with Crippen LogP contribution in [0.5, 0.6) is 5.75 Å². The summed E-state index contributed by atoms with van der Waals surface area (Å²) in [6.07, 6.45) is -0.917. The number of aliphatic hydroxyl groups is 1. The zero-order chi connectivity index (χ0) is 22.5. The quantitative estimate of drug-likeness (QED) is 0.380. The zero-order valence-electron chi connectivity index (χ0n) is 16.9. The van der Waals surface area contributed by atoms with Gasteiger partial charge < -0.3 is 15.9 Å². The van der Waals surface area contributed by atoms with Crippen LogP contribution < -0.4 is 5.73 Å². The lowest BCUT2D eigenvalue weighted by Crippen LogP contribution is -2.47. The van der Waals surface area contributed by atoms with E-state index < -0.39 is 27.1 Å². The van der Waals surface area contributed by atoms with Crippen molar-refractivity contribution in [3.05, 3.63) is 64.2 Å². The second-order valence-corrected chi connectivity index (χ2v) is 9.51. The Hall–Kier alpha value is -2.53. The third-order valence-electron chi connectivity index (χ3n) is 4.55. The number of benzene rings is 2. The number of hydrogen-bond donors (Lipinski definition) is 3. The van der Waals surface area contributed by atoms with Gasteiger partial charge in [0.25, 0.3) is 5.69 Å². The van der Waals surface area contributed by atoms with Crippen molar-refractivity contribution in [2.24, 2.45) is 11.7 Å². The van der Waals surface area contributed by atoms with Gasteiger partial charge in [0.15, 0.2) is 0 Å². The largest absolute Gasteiger partial charge is 0.508 e. The van der Waals surface area contributed by atoms with E-state index in [1.54, 1.807) is 12.1 Å². The molecule has 0 fully saturated rings. The summed E-state index contributed by atoms with van der Waals surface area (Å²) in [6.45, 7) is 3.71.